The minimum Gasteiger partial charge on any atom is -0.481 e. The van der Waals surface area contributed by atoms with Gasteiger partial charge >= 0.3 is 5.97 Å². The highest BCUT2D eigenvalue weighted by Crippen LogP contribution is 2.24. The summed E-state index contributed by atoms with van der Waals surface area (Å²) in [5.74, 6) is -0.819. The van der Waals surface area contributed by atoms with Gasteiger partial charge in [0, 0.05) is 18.3 Å². The number of hydrogen-bond donors (Lipinski definition) is 1. The maximum absolute atomic E-state index is 11.5. The molecule has 6 heteroatoms. The van der Waals surface area contributed by atoms with E-state index in [1.54, 1.807) is 24.3 Å². The van der Waals surface area contributed by atoms with E-state index in [9.17, 15) is 13.2 Å². The zero-order valence-corrected chi connectivity index (χ0v) is 13.7. The normalized spacial score (nSPS) is 14.9. The number of carboxylic acid groups (broad SMARTS) is 1. The Morgan fingerprint density at radius 3 is 2.14 bits per heavy atom. The van der Waals surface area contributed by atoms with Crippen LogP contribution in [0.5, 0.6) is 0 Å². The Morgan fingerprint density at radius 2 is 1.76 bits per heavy atom. The van der Waals surface area contributed by atoms with Crippen molar-refractivity contribution in [3.63, 3.8) is 0 Å². The summed E-state index contributed by atoms with van der Waals surface area (Å²) in [5.41, 5.74) is 0.974. The molecule has 0 aromatic heterocycles. The molecule has 0 spiro atoms. The summed E-state index contributed by atoms with van der Waals surface area (Å²) in [5, 5.41) is 8.91. The molecule has 118 valence electrons. The zero-order chi connectivity index (χ0) is 16.2. The van der Waals surface area contributed by atoms with Crippen molar-refractivity contribution in [3.05, 3.63) is 29.8 Å². The SMILES string of the molecule is CCN(C(C)CC(=O)O)C(C)c1ccc(S(C)(=O)=O)cc1. The number of carboxylic acids is 1. The Kier molecular flexibility index (Phi) is 5.92. The summed E-state index contributed by atoms with van der Waals surface area (Å²) >= 11 is 0. The fourth-order valence-corrected chi connectivity index (χ4v) is 3.15. The van der Waals surface area contributed by atoms with Gasteiger partial charge in [-0.15, -0.1) is 0 Å². The monoisotopic (exact) mass is 313 g/mol. The van der Waals surface area contributed by atoms with Crippen LogP contribution in [0.4, 0.5) is 0 Å². The Morgan fingerprint density at radius 1 is 1.24 bits per heavy atom. The maximum atomic E-state index is 11.5. The Balaban J connectivity index is 2.95. The molecule has 0 saturated heterocycles. The van der Waals surface area contributed by atoms with Crippen molar-refractivity contribution in [2.24, 2.45) is 0 Å². The number of benzene rings is 1. The van der Waals surface area contributed by atoms with Crippen LogP contribution in [0.2, 0.25) is 0 Å². The summed E-state index contributed by atoms with van der Waals surface area (Å²) < 4.78 is 22.9. The molecule has 0 aliphatic carbocycles. The smallest absolute Gasteiger partial charge is 0.304 e. The van der Waals surface area contributed by atoms with Crippen LogP contribution in [0.15, 0.2) is 29.2 Å². The van der Waals surface area contributed by atoms with E-state index in [-0.39, 0.29) is 18.5 Å². The van der Waals surface area contributed by atoms with Crippen LogP contribution in [-0.2, 0) is 14.6 Å². The molecular formula is C15H23NO4S. The average molecular weight is 313 g/mol. The minimum absolute atomic E-state index is 0.0259. The predicted octanol–water partition coefficient (Wildman–Crippen LogP) is 2.34. The van der Waals surface area contributed by atoms with Crippen molar-refractivity contribution in [2.45, 2.75) is 44.2 Å². The summed E-state index contributed by atoms with van der Waals surface area (Å²) in [6, 6.07) is 6.71. The topological polar surface area (TPSA) is 74.7 Å². The van der Waals surface area contributed by atoms with Crippen LogP contribution in [0, 0.1) is 0 Å². The lowest BCUT2D eigenvalue weighted by molar-refractivity contribution is -0.138. The molecule has 0 amide bonds. The third kappa shape index (κ3) is 4.82. The fourth-order valence-electron chi connectivity index (χ4n) is 2.52. The molecule has 1 aromatic rings. The minimum atomic E-state index is -3.19. The molecule has 1 rings (SSSR count). The van der Waals surface area contributed by atoms with Crippen molar-refractivity contribution in [2.75, 3.05) is 12.8 Å². The first-order valence-electron chi connectivity index (χ1n) is 6.94. The van der Waals surface area contributed by atoms with Gasteiger partial charge in [0.25, 0.3) is 0 Å². The number of rotatable bonds is 7. The van der Waals surface area contributed by atoms with Gasteiger partial charge in [-0.25, -0.2) is 8.42 Å². The van der Waals surface area contributed by atoms with Crippen LogP contribution in [0.1, 0.15) is 38.8 Å². The van der Waals surface area contributed by atoms with Gasteiger partial charge in [-0.3, -0.25) is 9.69 Å². The predicted molar refractivity (Wildman–Crippen MR) is 82.1 cm³/mol. The largest absolute Gasteiger partial charge is 0.481 e. The second kappa shape index (κ2) is 7.04. The van der Waals surface area contributed by atoms with Crippen LogP contribution >= 0.6 is 0 Å². The van der Waals surface area contributed by atoms with Crippen molar-refractivity contribution in [3.8, 4) is 0 Å². The van der Waals surface area contributed by atoms with Gasteiger partial charge in [-0.2, -0.15) is 0 Å². The van der Waals surface area contributed by atoms with Crippen LogP contribution in [0.3, 0.4) is 0 Å². The molecule has 1 aromatic carbocycles. The molecule has 21 heavy (non-hydrogen) atoms. The highest BCUT2D eigenvalue weighted by atomic mass is 32.2. The van der Waals surface area contributed by atoms with Gasteiger partial charge in [0.2, 0.25) is 0 Å². The van der Waals surface area contributed by atoms with Gasteiger partial charge < -0.3 is 5.11 Å². The van der Waals surface area contributed by atoms with E-state index in [2.05, 4.69) is 4.90 Å². The lowest BCUT2D eigenvalue weighted by atomic mass is 10.0. The molecule has 0 saturated carbocycles. The van der Waals surface area contributed by atoms with Gasteiger partial charge in [0.1, 0.15) is 0 Å². The Hall–Kier alpha value is -1.40. The molecule has 1 N–H and O–H groups in total. The quantitative estimate of drug-likeness (QED) is 0.836. The lowest BCUT2D eigenvalue weighted by Crippen LogP contribution is -2.36. The van der Waals surface area contributed by atoms with E-state index in [1.807, 2.05) is 20.8 Å². The summed E-state index contributed by atoms with van der Waals surface area (Å²) in [6.45, 7) is 6.60. The third-order valence-corrected chi connectivity index (χ3v) is 4.82. The molecular weight excluding hydrogens is 290 g/mol. The van der Waals surface area contributed by atoms with Crippen LogP contribution in [-0.4, -0.2) is 43.2 Å². The molecule has 5 nitrogen and oxygen atoms in total. The summed E-state index contributed by atoms with van der Waals surface area (Å²) in [4.78, 5) is 13.2. The Bertz CT molecular complexity index is 580. The van der Waals surface area contributed by atoms with Crippen LogP contribution < -0.4 is 0 Å². The van der Waals surface area contributed by atoms with E-state index < -0.39 is 15.8 Å². The van der Waals surface area contributed by atoms with Crippen LogP contribution in [0.25, 0.3) is 0 Å². The first-order valence-corrected chi connectivity index (χ1v) is 8.83. The van der Waals surface area contributed by atoms with Gasteiger partial charge in [0.15, 0.2) is 9.84 Å². The van der Waals surface area contributed by atoms with Gasteiger partial charge in [-0.1, -0.05) is 19.1 Å². The van der Waals surface area contributed by atoms with E-state index in [0.717, 1.165) is 12.1 Å². The Labute approximate surface area is 126 Å². The second-order valence-corrected chi connectivity index (χ2v) is 7.31. The van der Waals surface area contributed by atoms with Gasteiger partial charge in [-0.05, 0) is 38.1 Å². The van der Waals surface area contributed by atoms with E-state index in [0.29, 0.717) is 4.90 Å². The van der Waals surface area contributed by atoms with E-state index >= 15 is 0 Å². The number of hydrogen-bond acceptors (Lipinski definition) is 4. The molecule has 0 bridgehead atoms. The fraction of sp³-hybridized carbons (Fsp3) is 0.533. The molecule has 2 atom stereocenters. The molecule has 0 fully saturated rings. The van der Waals surface area contributed by atoms with Crippen molar-refractivity contribution >= 4 is 15.8 Å². The highest BCUT2D eigenvalue weighted by Gasteiger charge is 2.22. The van der Waals surface area contributed by atoms with E-state index in [4.69, 9.17) is 5.11 Å². The molecule has 0 heterocycles. The number of sulfone groups is 1. The summed E-state index contributed by atoms with van der Waals surface area (Å²) in [6.07, 6.45) is 1.26. The zero-order valence-electron chi connectivity index (χ0n) is 12.9. The van der Waals surface area contributed by atoms with Crippen molar-refractivity contribution in [1.82, 2.24) is 4.90 Å². The molecule has 0 radical (unpaired) electrons. The number of carbonyl (C=O) groups is 1. The first-order chi connectivity index (χ1) is 9.66. The molecule has 2 unspecified atom stereocenters. The second-order valence-electron chi connectivity index (χ2n) is 5.29. The third-order valence-electron chi connectivity index (χ3n) is 3.69. The lowest BCUT2D eigenvalue weighted by Gasteiger charge is -2.33. The van der Waals surface area contributed by atoms with E-state index in [1.165, 1.54) is 6.26 Å². The summed E-state index contributed by atoms with van der Waals surface area (Å²) in [7, 11) is -3.19. The first kappa shape index (κ1) is 17.7. The number of nitrogens with zero attached hydrogens (tertiary/aromatic N) is 1. The molecule has 0 aliphatic rings. The standard InChI is InChI=1S/C15H23NO4S/c1-5-16(11(2)10-15(17)18)12(3)13-6-8-14(9-7-13)21(4,19)20/h6-9,11-12H,5,10H2,1-4H3,(H,17,18). The highest BCUT2D eigenvalue weighted by molar-refractivity contribution is 7.90. The van der Waals surface area contributed by atoms with Crippen molar-refractivity contribution in [1.29, 1.82) is 0 Å². The average Bonchev–Trinajstić information content (AvgIpc) is 2.37. The molecule has 0 aliphatic heterocycles. The number of aliphatic carboxylic acids is 1. The van der Waals surface area contributed by atoms with Crippen molar-refractivity contribution < 1.29 is 18.3 Å². The maximum Gasteiger partial charge on any atom is 0.304 e. The van der Waals surface area contributed by atoms with Gasteiger partial charge in [0.05, 0.1) is 11.3 Å².